The third-order valence-corrected chi connectivity index (χ3v) is 5.93. The molecule has 0 bridgehead atoms. The molecule has 1 N–H and O–H groups in total. The highest BCUT2D eigenvalue weighted by molar-refractivity contribution is 5.83. The number of H-pyrrole nitrogens is 1. The van der Waals surface area contributed by atoms with Crippen molar-refractivity contribution in [3.63, 3.8) is 0 Å². The number of rotatable bonds is 6. The van der Waals surface area contributed by atoms with Gasteiger partial charge in [0.05, 0.1) is 23.5 Å². The van der Waals surface area contributed by atoms with E-state index in [1.54, 1.807) is 0 Å². The summed E-state index contributed by atoms with van der Waals surface area (Å²) in [6.07, 6.45) is 3.42. The molecular weight excluding hydrogens is 376 g/mol. The van der Waals surface area contributed by atoms with Crippen molar-refractivity contribution in [1.29, 1.82) is 0 Å². The van der Waals surface area contributed by atoms with Crippen molar-refractivity contribution >= 4 is 16.9 Å². The Morgan fingerprint density at radius 1 is 1.17 bits per heavy atom. The molecule has 2 aromatic heterocycles. The predicted molar refractivity (Wildman–Crippen MR) is 120 cm³/mol. The largest absolute Gasteiger partial charge is 0.494 e. The Bertz CT molecular complexity index is 1000. The highest BCUT2D eigenvalue weighted by atomic mass is 16.5. The summed E-state index contributed by atoms with van der Waals surface area (Å²) in [6, 6.07) is 8.75. The van der Waals surface area contributed by atoms with E-state index < -0.39 is 0 Å². The molecule has 1 atom stereocenters. The fourth-order valence-electron chi connectivity index (χ4n) is 4.30. The molecule has 1 unspecified atom stereocenters. The highest BCUT2D eigenvalue weighted by Gasteiger charge is 2.23. The maximum absolute atomic E-state index is 5.63. The molecule has 0 amide bonds. The van der Waals surface area contributed by atoms with E-state index in [2.05, 4.69) is 40.0 Å². The highest BCUT2D eigenvalue weighted by Crippen LogP contribution is 2.26. The van der Waals surface area contributed by atoms with Crippen LogP contribution in [0.25, 0.3) is 10.9 Å². The van der Waals surface area contributed by atoms with Crippen molar-refractivity contribution in [3.05, 3.63) is 41.3 Å². The number of anilines is 1. The van der Waals surface area contributed by atoms with Crippen LogP contribution in [0, 0.1) is 13.8 Å². The van der Waals surface area contributed by atoms with E-state index in [9.17, 15) is 0 Å². The molecule has 0 aliphatic carbocycles. The van der Waals surface area contributed by atoms with Crippen molar-refractivity contribution in [3.8, 4) is 5.75 Å². The predicted octanol–water partition coefficient (Wildman–Crippen LogP) is 3.86. The first-order valence-electron chi connectivity index (χ1n) is 10.9. The lowest BCUT2D eigenvalue weighted by Crippen LogP contribution is -2.33. The van der Waals surface area contributed by atoms with Gasteiger partial charge in [-0.15, -0.1) is 0 Å². The Hall–Kier alpha value is -2.67. The second-order valence-corrected chi connectivity index (χ2v) is 8.25. The lowest BCUT2D eigenvalue weighted by Gasteiger charge is -2.26. The maximum Gasteiger partial charge on any atom is 0.226 e. The average Bonchev–Trinajstić information content (AvgIpc) is 2.99. The number of aromatic nitrogens is 4. The van der Waals surface area contributed by atoms with Crippen LogP contribution in [0.15, 0.2) is 24.3 Å². The first-order valence-corrected chi connectivity index (χ1v) is 10.9. The van der Waals surface area contributed by atoms with Crippen molar-refractivity contribution in [1.82, 2.24) is 25.1 Å². The van der Waals surface area contributed by atoms with Gasteiger partial charge in [-0.25, -0.2) is 9.97 Å². The molecule has 1 aliphatic rings. The van der Waals surface area contributed by atoms with Gasteiger partial charge in [0, 0.05) is 36.8 Å². The first-order chi connectivity index (χ1) is 14.5. The van der Waals surface area contributed by atoms with Gasteiger partial charge >= 0.3 is 0 Å². The lowest BCUT2D eigenvalue weighted by atomic mass is 10.1. The van der Waals surface area contributed by atoms with E-state index in [1.165, 1.54) is 6.42 Å². The molecule has 0 saturated carbocycles. The SMILES string of the molecule is CCOc1ccc2nc(N3CCCC(N(C)Cc4cc(C)[nH]n4)CC3)nc(C)c2c1. The minimum Gasteiger partial charge on any atom is -0.494 e. The second-order valence-electron chi connectivity index (χ2n) is 8.25. The third-order valence-electron chi connectivity index (χ3n) is 5.93. The molecule has 160 valence electrons. The molecule has 0 spiro atoms. The van der Waals surface area contributed by atoms with E-state index in [4.69, 9.17) is 14.7 Å². The van der Waals surface area contributed by atoms with Crippen LogP contribution in [0.2, 0.25) is 0 Å². The van der Waals surface area contributed by atoms with Gasteiger partial charge in [-0.2, -0.15) is 5.10 Å². The number of nitrogens with zero attached hydrogens (tertiary/aromatic N) is 5. The van der Waals surface area contributed by atoms with E-state index in [1.807, 2.05) is 32.0 Å². The maximum atomic E-state index is 5.63. The van der Waals surface area contributed by atoms with Crippen LogP contribution in [-0.2, 0) is 6.54 Å². The van der Waals surface area contributed by atoms with Crippen molar-refractivity contribution in [2.75, 3.05) is 31.6 Å². The Labute approximate surface area is 178 Å². The lowest BCUT2D eigenvalue weighted by molar-refractivity contribution is 0.214. The van der Waals surface area contributed by atoms with Crippen LogP contribution in [0.4, 0.5) is 5.95 Å². The molecular formula is C23H32N6O. The Morgan fingerprint density at radius 3 is 2.80 bits per heavy atom. The van der Waals surface area contributed by atoms with Crippen LogP contribution in [0.5, 0.6) is 5.75 Å². The van der Waals surface area contributed by atoms with Gasteiger partial charge in [0.15, 0.2) is 0 Å². The molecule has 0 radical (unpaired) electrons. The number of hydrogen-bond acceptors (Lipinski definition) is 6. The van der Waals surface area contributed by atoms with E-state index in [0.29, 0.717) is 12.6 Å². The van der Waals surface area contributed by atoms with Gasteiger partial charge in [-0.1, -0.05) is 0 Å². The fourth-order valence-corrected chi connectivity index (χ4v) is 4.30. The van der Waals surface area contributed by atoms with Crippen LogP contribution < -0.4 is 9.64 Å². The van der Waals surface area contributed by atoms with Crippen molar-refractivity contribution in [2.24, 2.45) is 0 Å². The normalized spacial score (nSPS) is 17.5. The van der Waals surface area contributed by atoms with Gasteiger partial charge in [0.1, 0.15) is 5.75 Å². The molecule has 3 aromatic rings. The zero-order valence-electron chi connectivity index (χ0n) is 18.5. The number of benzene rings is 1. The van der Waals surface area contributed by atoms with E-state index in [0.717, 1.165) is 72.2 Å². The van der Waals surface area contributed by atoms with Crippen LogP contribution >= 0.6 is 0 Å². The van der Waals surface area contributed by atoms with Gasteiger partial charge in [0.25, 0.3) is 0 Å². The summed E-state index contributed by atoms with van der Waals surface area (Å²) in [7, 11) is 2.21. The van der Waals surface area contributed by atoms with E-state index in [-0.39, 0.29) is 0 Å². The Kier molecular flexibility index (Phi) is 6.18. The minimum absolute atomic E-state index is 0.544. The number of ether oxygens (including phenoxy) is 1. The second kappa shape index (κ2) is 9.00. The van der Waals surface area contributed by atoms with Gasteiger partial charge in [0.2, 0.25) is 5.95 Å². The smallest absolute Gasteiger partial charge is 0.226 e. The zero-order valence-corrected chi connectivity index (χ0v) is 18.5. The standard InChI is InChI=1S/C23H32N6O/c1-5-30-20-8-9-22-21(14-20)17(3)24-23(25-22)29-11-6-7-19(10-12-29)28(4)15-18-13-16(2)26-27-18/h8-9,13-14,19H,5-7,10-12,15H2,1-4H3,(H,26,27). The summed E-state index contributed by atoms with van der Waals surface area (Å²) >= 11 is 0. The van der Waals surface area contributed by atoms with Crippen LogP contribution in [-0.4, -0.2) is 57.9 Å². The number of fused-ring (bicyclic) bond motifs is 1. The molecule has 1 saturated heterocycles. The number of hydrogen-bond donors (Lipinski definition) is 1. The van der Waals surface area contributed by atoms with Crippen LogP contribution in [0.3, 0.4) is 0 Å². The zero-order chi connectivity index (χ0) is 21.1. The van der Waals surface area contributed by atoms with Gasteiger partial charge < -0.3 is 9.64 Å². The van der Waals surface area contributed by atoms with Crippen molar-refractivity contribution in [2.45, 2.75) is 52.6 Å². The number of aromatic amines is 1. The average molecular weight is 409 g/mol. The Morgan fingerprint density at radius 2 is 2.03 bits per heavy atom. The first kappa shape index (κ1) is 20.6. The Balaban J connectivity index is 1.46. The summed E-state index contributed by atoms with van der Waals surface area (Å²) in [5, 5.41) is 8.49. The molecule has 1 aromatic carbocycles. The molecule has 30 heavy (non-hydrogen) atoms. The number of nitrogens with one attached hydrogen (secondary N) is 1. The summed E-state index contributed by atoms with van der Waals surface area (Å²) in [5.41, 5.74) is 4.20. The van der Waals surface area contributed by atoms with E-state index >= 15 is 0 Å². The van der Waals surface area contributed by atoms with Crippen molar-refractivity contribution < 1.29 is 4.74 Å². The number of aryl methyl sites for hydroxylation is 2. The van der Waals surface area contributed by atoms with Crippen LogP contribution in [0.1, 0.15) is 43.3 Å². The molecule has 4 rings (SSSR count). The topological polar surface area (TPSA) is 70.2 Å². The van der Waals surface area contributed by atoms with Gasteiger partial charge in [-0.3, -0.25) is 10.00 Å². The summed E-state index contributed by atoms with van der Waals surface area (Å²) < 4.78 is 5.63. The molecule has 7 heteroatoms. The third kappa shape index (κ3) is 4.56. The summed E-state index contributed by atoms with van der Waals surface area (Å²) in [4.78, 5) is 14.5. The minimum atomic E-state index is 0.544. The quantitative estimate of drug-likeness (QED) is 0.668. The monoisotopic (exact) mass is 408 g/mol. The summed E-state index contributed by atoms with van der Waals surface area (Å²) in [6.45, 7) is 9.60. The molecule has 7 nitrogen and oxygen atoms in total. The molecule has 1 fully saturated rings. The van der Waals surface area contributed by atoms with Gasteiger partial charge in [-0.05, 0) is 71.3 Å². The summed E-state index contributed by atoms with van der Waals surface area (Å²) in [5.74, 6) is 1.72. The molecule has 1 aliphatic heterocycles. The fraction of sp³-hybridized carbons (Fsp3) is 0.522. The molecule has 3 heterocycles.